The van der Waals surface area contributed by atoms with E-state index in [-0.39, 0.29) is 9.92 Å². The molecule has 0 atom stereocenters. The second-order valence-corrected chi connectivity index (χ2v) is 9.56. The van der Waals surface area contributed by atoms with E-state index in [9.17, 15) is 8.42 Å². The average molecular weight is 480 g/mol. The van der Waals surface area contributed by atoms with Crippen LogP contribution in [0.2, 0.25) is 10.0 Å². The summed E-state index contributed by atoms with van der Waals surface area (Å²) < 4.78 is 27.7. The number of sulfonamides is 1. The molecule has 0 aromatic heterocycles. The van der Waals surface area contributed by atoms with Crippen LogP contribution in [-0.4, -0.2) is 13.5 Å². The third-order valence-corrected chi connectivity index (χ3v) is 6.58. The Kier molecular flexibility index (Phi) is 6.88. The maximum Gasteiger partial charge on any atom is 0.261 e. The summed E-state index contributed by atoms with van der Waals surface area (Å²) in [6.07, 6.45) is 0. The molecule has 5 nitrogen and oxygen atoms in total. The van der Waals surface area contributed by atoms with Crippen LogP contribution < -0.4 is 15.4 Å². The monoisotopic (exact) mass is 479 g/mol. The smallest absolute Gasteiger partial charge is 0.261 e. The second-order valence-electron chi connectivity index (χ2n) is 6.66. The van der Waals surface area contributed by atoms with E-state index < -0.39 is 10.0 Å². The lowest BCUT2D eigenvalue weighted by molar-refractivity contribution is 0.601. The molecule has 3 aromatic rings. The number of nitrogens with one attached hydrogen (secondary N) is 3. The summed E-state index contributed by atoms with van der Waals surface area (Å²) in [5.41, 5.74) is 4.09. The van der Waals surface area contributed by atoms with Crippen LogP contribution in [0, 0.1) is 13.8 Å². The third-order valence-electron chi connectivity index (χ3n) is 4.24. The van der Waals surface area contributed by atoms with E-state index in [1.165, 1.54) is 24.3 Å². The fraction of sp³-hybridized carbons (Fsp3) is 0.0952. The zero-order valence-corrected chi connectivity index (χ0v) is 19.3. The van der Waals surface area contributed by atoms with Crippen LogP contribution >= 0.6 is 35.4 Å². The number of hydrogen-bond acceptors (Lipinski definition) is 3. The zero-order valence-electron chi connectivity index (χ0n) is 16.2. The molecule has 0 aliphatic heterocycles. The molecule has 9 heteroatoms. The molecule has 0 aliphatic carbocycles. The van der Waals surface area contributed by atoms with Crippen LogP contribution in [0.4, 0.5) is 17.1 Å². The summed E-state index contributed by atoms with van der Waals surface area (Å²) >= 11 is 17.2. The molecule has 0 fully saturated rings. The van der Waals surface area contributed by atoms with E-state index >= 15 is 0 Å². The van der Waals surface area contributed by atoms with Gasteiger partial charge < -0.3 is 10.6 Å². The van der Waals surface area contributed by atoms with Gasteiger partial charge in [-0.15, -0.1) is 0 Å². The van der Waals surface area contributed by atoms with Gasteiger partial charge in [-0.1, -0.05) is 35.3 Å². The minimum atomic E-state index is -3.78. The van der Waals surface area contributed by atoms with E-state index in [0.29, 0.717) is 21.5 Å². The first-order valence-corrected chi connectivity index (χ1v) is 11.5. The fourth-order valence-corrected chi connectivity index (χ4v) is 4.22. The van der Waals surface area contributed by atoms with E-state index in [2.05, 4.69) is 15.4 Å². The van der Waals surface area contributed by atoms with Crippen LogP contribution in [0.25, 0.3) is 0 Å². The van der Waals surface area contributed by atoms with Gasteiger partial charge in [0, 0.05) is 11.4 Å². The number of anilines is 3. The highest BCUT2D eigenvalue weighted by molar-refractivity contribution is 7.92. The normalized spacial score (nSPS) is 11.1. The van der Waals surface area contributed by atoms with Gasteiger partial charge in [0.15, 0.2) is 5.11 Å². The first-order valence-electron chi connectivity index (χ1n) is 8.87. The molecule has 3 aromatic carbocycles. The number of aryl methyl sites for hydroxylation is 2. The standard InChI is InChI=1S/C21H19Cl2N3O2S2/c1-13-3-4-14(2)20(11-13)25-21(29)24-15-5-8-17(9-6-15)30(27,28)26-16-7-10-18(22)19(23)12-16/h3-12,26H,1-2H3,(H2,24,25,29). The number of halogens is 2. The van der Waals surface area contributed by atoms with Gasteiger partial charge in [-0.25, -0.2) is 8.42 Å². The number of benzene rings is 3. The van der Waals surface area contributed by atoms with Crippen molar-refractivity contribution < 1.29 is 8.42 Å². The topological polar surface area (TPSA) is 70.2 Å². The highest BCUT2D eigenvalue weighted by atomic mass is 35.5. The highest BCUT2D eigenvalue weighted by Gasteiger charge is 2.15. The van der Waals surface area contributed by atoms with E-state index in [1.54, 1.807) is 18.2 Å². The van der Waals surface area contributed by atoms with Crippen molar-refractivity contribution in [1.29, 1.82) is 0 Å². The van der Waals surface area contributed by atoms with Crippen LogP contribution in [-0.2, 0) is 10.0 Å². The minimum Gasteiger partial charge on any atom is -0.332 e. The molecule has 3 rings (SSSR count). The lowest BCUT2D eigenvalue weighted by Crippen LogP contribution is -2.20. The van der Waals surface area contributed by atoms with Crippen LogP contribution in [0.5, 0.6) is 0 Å². The Hall–Kier alpha value is -2.32. The van der Waals surface area contributed by atoms with Gasteiger partial charge >= 0.3 is 0 Å². The van der Waals surface area contributed by atoms with Crippen molar-refractivity contribution in [3.05, 3.63) is 81.8 Å². The summed E-state index contributed by atoms with van der Waals surface area (Å²) in [4.78, 5) is 0.104. The van der Waals surface area contributed by atoms with Gasteiger partial charge in [-0.2, -0.15) is 0 Å². The average Bonchev–Trinajstić information content (AvgIpc) is 2.68. The Labute approximate surface area is 191 Å². The molecule has 0 amide bonds. The molecule has 0 saturated heterocycles. The molecule has 0 heterocycles. The summed E-state index contributed by atoms with van der Waals surface area (Å²) in [5.74, 6) is 0. The lowest BCUT2D eigenvalue weighted by atomic mass is 10.1. The predicted molar refractivity (Wildman–Crippen MR) is 129 cm³/mol. The Morgan fingerprint density at radius 2 is 1.50 bits per heavy atom. The van der Waals surface area contributed by atoms with Crippen molar-refractivity contribution in [1.82, 2.24) is 0 Å². The van der Waals surface area contributed by atoms with E-state index in [1.807, 2.05) is 32.0 Å². The molecule has 3 N–H and O–H groups in total. The van der Waals surface area contributed by atoms with Crippen LogP contribution in [0.3, 0.4) is 0 Å². The zero-order chi connectivity index (χ0) is 21.9. The van der Waals surface area contributed by atoms with Crippen molar-refractivity contribution in [3.8, 4) is 0 Å². The van der Waals surface area contributed by atoms with E-state index in [0.717, 1.165) is 16.8 Å². The van der Waals surface area contributed by atoms with Gasteiger partial charge in [0.2, 0.25) is 0 Å². The first-order chi connectivity index (χ1) is 14.1. The highest BCUT2D eigenvalue weighted by Crippen LogP contribution is 2.27. The molecule has 0 radical (unpaired) electrons. The molecule has 0 unspecified atom stereocenters. The quantitative estimate of drug-likeness (QED) is 0.378. The second kappa shape index (κ2) is 9.22. The lowest BCUT2D eigenvalue weighted by Gasteiger charge is -2.14. The molecule has 156 valence electrons. The van der Waals surface area contributed by atoms with E-state index in [4.69, 9.17) is 35.4 Å². The summed E-state index contributed by atoms with van der Waals surface area (Å²) in [5, 5.41) is 7.23. The molecular weight excluding hydrogens is 461 g/mol. The molecular formula is C21H19Cl2N3O2S2. The van der Waals surface area contributed by atoms with Crippen molar-refractivity contribution in [3.63, 3.8) is 0 Å². The SMILES string of the molecule is Cc1ccc(C)c(NC(=S)Nc2ccc(S(=O)(=O)Nc3ccc(Cl)c(Cl)c3)cc2)c1. The predicted octanol–water partition coefficient (Wildman–Crippen LogP) is 6.22. The van der Waals surface area contributed by atoms with Crippen molar-refractivity contribution in [2.45, 2.75) is 18.7 Å². The molecule has 0 bridgehead atoms. The summed E-state index contributed by atoms with van der Waals surface area (Å²) in [6, 6.07) is 16.8. The van der Waals surface area contributed by atoms with Crippen molar-refractivity contribution in [2.75, 3.05) is 15.4 Å². The Morgan fingerprint density at radius 1 is 0.833 bits per heavy atom. The maximum absolute atomic E-state index is 12.6. The number of rotatable bonds is 5. The van der Waals surface area contributed by atoms with Gasteiger partial charge in [-0.3, -0.25) is 4.72 Å². The summed E-state index contributed by atoms with van der Waals surface area (Å²) in [7, 11) is -3.78. The molecule has 0 aliphatic rings. The molecule has 0 saturated carbocycles. The fourth-order valence-electron chi connectivity index (χ4n) is 2.65. The van der Waals surface area contributed by atoms with Gasteiger partial charge in [-0.05, 0) is 85.7 Å². The van der Waals surface area contributed by atoms with Gasteiger partial charge in [0.05, 0.1) is 20.6 Å². The Morgan fingerprint density at radius 3 is 2.17 bits per heavy atom. The van der Waals surface area contributed by atoms with Crippen LogP contribution in [0.1, 0.15) is 11.1 Å². The first kappa shape index (κ1) is 22.4. The Bertz CT molecular complexity index is 1200. The number of hydrogen-bond donors (Lipinski definition) is 3. The number of thiocarbonyl (C=S) groups is 1. The Balaban J connectivity index is 1.68. The van der Waals surface area contributed by atoms with Crippen LogP contribution in [0.15, 0.2) is 65.6 Å². The van der Waals surface area contributed by atoms with Crippen molar-refractivity contribution >= 4 is 67.6 Å². The van der Waals surface area contributed by atoms with Crippen molar-refractivity contribution in [2.24, 2.45) is 0 Å². The molecule has 30 heavy (non-hydrogen) atoms. The van der Waals surface area contributed by atoms with Gasteiger partial charge in [0.25, 0.3) is 10.0 Å². The summed E-state index contributed by atoms with van der Waals surface area (Å²) in [6.45, 7) is 4.00. The maximum atomic E-state index is 12.6. The largest absolute Gasteiger partial charge is 0.332 e. The third kappa shape index (κ3) is 5.64. The minimum absolute atomic E-state index is 0.104. The van der Waals surface area contributed by atoms with Gasteiger partial charge in [0.1, 0.15) is 0 Å². The molecule has 0 spiro atoms.